The number of H-pyrrole nitrogens is 1. The number of rotatable bonds is 3. The van der Waals surface area contributed by atoms with Gasteiger partial charge in [-0.3, -0.25) is 4.79 Å². The first-order valence-electron chi connectivity index (χ1n) is 8.26. The summed E-state index contributed by atoms with van der Waals surface area (Å²) in [6, 6.07) is 11.7. The quantitative estimate of drug-likeness (QED) is 0.749. The van der Waals surface area contributed by atoms with Crippen molar-refractivity contribution in [3.8, 4) is 0 Å². The lowest BCUT2D eigenvalue weighted by Gasteiger charge is -2.33. The Morgan fingerprint density at radius 3 is 3.04 bits per heavy atom. The lowest BCUT2D eigenvalue weighted by atomic mass is 9.92. The minimum absolute atomic E-state index is 0.217. The monoisotopic (exact) mass is 337 g/mol. The van der Waals surface area contributed by atoms with Gasteiger partial charge in [0.05, 0.1) is 5.56 Å². The molecule has 3 aromatic rings. The lowest BCUT2D eigenvalue weighted by molar-refractivity contribution is 0.0948. The number of hydrogen-bond acceptors (Lipinski definition) is 4. The van der Waals surface area contributed by atoms with E-state index in [1.165, 1.54) is 15.7 Å². The van der Waals surface area contributed by atoms with Gasteiger partial charge in [-0.05, 0) is 36.1 Å². The van der Waals surface area contributed by atoms with E-state index in [-0.39, 0.29) is 11.6 Å². The summed E-state index contributed by atoms with van der Waals surface area (Å²) in [5, 5.41) is 9.28. The number of anilines is 1. The van der Waals surface area contributed by atoms with Gasteiger partial charge in [-0.2, -0.15) is 5.10 Å². The van der Waals surface area contributed by atoms with Crippen LogP contribution < -0.4 is 15.9 Å². The number of benzene rings is 1. The fourth-order valence-corrected chi connectivity index (χ4v) is 3.50. The zero-order valence-corrected chi connectivity index (χ0v) is 13.9. The molecular weight excluding hydrogens is 318 g/mol. The number of carbonyl (C=O) groups is 1. The first-order chi connectivity index (χ1) is 12.1. The molecule has 0 fully saturated rings. The van der Waals surface area contributed by atoms with Crippen LogP contribution in [0.15, 0.2) is 47.4 Å². The number of hydrogen-bond donors (Lipinski definition) is 2. The Labute approximate surface area is 144 Å². The van der Waals surface area contributed by atoms with Crippen LogP contribution in [-0.2, 0) is 6.42 Å². The van der Waals surface area contributed by atoms with Crippen LogP contribution in [0, 0.1) is 5.92 Å². The second-order valence-electron chi connectivity index (χ2n) is 6.43. The third-order valence-corrected chi connectivity index (χ3v) is 4.68. The first kappa shape index (κ1) is 15.4. The fraction of sp³-hybridized carbons (Fsp3) is 0.278. The molecule has 1 unspecified atom stereocenters. The number of pyridine rings is 1. The molecule has 2 N–H and O–H groups in total. The fourth-order valence-electron chi connectivity index (χ4n) is 3.50. The molecule has 1 aliphatic heterocycles. The van der Waals surface area contributed by atoms with E-state index in [1.807, 2.05) is 12.1 Å². The number of carbonyl (C=O) groups excluding carboxylic acids is 1. The summed E-state index contributed by atoms with van der Waals surface area (Å²) in [5.41, 5.74) is 2.94. The highest BCUT2D eigenvalue weighted by atomic mass is 16.2. The highest BCUT2D eigenvalue weighted by molar-refractivity contribution is 5.99. The molecule has 0 bridgehead atoms. The van der Waals surface area contributed by atoms with Crippen molar-refractivity contribution in [2.45, 2.75) is 6.42 Å². The summed E-state index contributed by atoms with van der Waals surface area (Å²) >= 11 is 0. The standard InChI is InChI=1S/C18H19N5O2/c1-22-11-12(9-13-5-2-3-7-15(13)22)10-19-17(24)14-6-4-8-23-16(14)20-21-18(23)25/h2-8,12H,9-11H2,1H3,(H,19,24)(H,21,25). The first-order valence-corrected chi connectivity index (χ1v) is 8.26. The van der Waals surface area contributed by atoms with Crippen LogP contribution in [0.2, 0.25) is 0 Å². The molecule has 0 saturated heterocycles. The molecule has 2 aromatic heterocycles. The zero-order chi connectivity index (χ0) is 17.4. The molecular formula is C18H19N5O2. The van der Waals surface area contributed by atoms with Gasteiger partial charge in [0.25, 0.3) is 5.91 Å². The Morgan fingerprint density at radius 2 is 2.16 bits per heavy atom. The van der Waals surface area contributed by atoms with E-state index in [0.717, 1.165) is 13.0 Å². The van der Waals surface area contributed by atoms with Gasteiger partial charge in [-0.25, -0.2) is 14.3 Å². The summed E-state index contributed by atoms with van der Waals surface area (Å²) in [5.74, 6) is 0.121. The normalized spacial score (nSPS) is 16.7. The summed E-state index contributed by atoms with van der Waals surface area (Å²) in [7, 11) is 2.07. The topological polar surface area (TPSA) is 82.5 Å². The molecule has 0 aliphatic carbocycles. The molecule has 1 atom stereocenters. The van der Waals surface area contributed by atoms with Gasteiger partial charge in [0.15, 0.2) is 5.65 Å². The van der Waals surface area contributed by atoms with Crippen LogP contribution >= 0.6 is 0 Å². The second-order valence-corrected chi connectivity index (χ2v) is 6.43. The number of nitrogens with zero attached hydrogens (tertiary/aromatic N) is 3. The van der Waals surface area contributed by atoms with E-state index in [0.29, 0.717) is 23.7 Å². The van der Waals surface area contributed by atoms with Gasteiger partial charge in [0.2, 0.25) is 0 Å². The van der Waals surface area contributed by atoms with Crippen LogP contribution in [0.5, 0.6) is 0 Å². The molecule has 4 rings (SSSR count). The molecule has 7 heteroatoms. The Kier molecular flexibility index (Phi) is 3.76. The molecule has 0 spiro atoms. The van der Waals surface area contributed by atoms with Crippen LogP contribution in [0.1, 0.15) is 15.9 Å². The highest BCUT2D eigenvalue weighted by Gasteiger charge is 2.23. The minimum atomic E-state index is -0.352. The van der Waals surface area contributed by atoms with E-state index in [2.05, 4.69) is 39.6 Å². The number of aromatic amines is 1. The molecule has 128 valence electrons. The third kappa shape index (κ3) is 2.77. The average Bonchev–Trinajstić information content (AvgIpc) is 3.01. The van der Waals surface area contributed by atoms with Crippen LogP contribution in [0.3, 0.4) is 0 Å². The number of nitrogens with one attached hydrogen (secondary N) is 2. The number of amides is 1. The van der Waals surface area contributed by atoms with Crippen molar-refractivity contribution in [1.82, 2.24) is 19.9 Å². The van der Waals surface area contributed by atoms with E-state index < -0.39 is 0 Å². The molecule has 1 aliphatic rings. The summed E-state index contributed by atoms with van der Waals surface area (Å²) in [6.45, 7) is 1.47. The number of aromatic nitrogens is 3. The number of fused-ring (bicyclic) bond motifs is 2. The minimum Gasteiger partial charge on any atom is -0.374 e. The van der Waals surface area contributed by atoms with E-state index >= 15 is 0 Å². The largest absolute Gasteiger partial charge is 0.374 e. The highest BCUT2D eigenvalue weighted by Crippen LogP contribution is 2.27. The van der Waals surface area contributed by atoms with Gasteiger partial charge < -0.3 is 10.2 Å². The van der Waals surface area contributed by atoms with Crippen molar-refractivity contribution in [3.05, 3.63) is 64.2 Å². The van der Waals surface area contributed by atoms with Crippen molar-refractivity contribution < 1.29 is 4.79 Å². The van der Waals surface area contributed by atoms with Crippen LogP contribution in [0.4, 0.5) is 5.69 Å². The Bertz CT molecular complexity index is 990. The third-order valence-electron chi connectivity index (χ3n) is 4.68. The van der Waals surface area contributed by atoms with Crippen LogP contribution in [-0.4, -0.2) is 40.6 Å². The van der Waals surface area contributed by atoms with E-state index in [4.69, 9.17) is 0 Å². The maximum Gasteiger partial charge on any atom is 0.347 e. The molecule has 3 heterocycles. The van der Waals surface area contributed by atoms with Gasteiger partial charge in [0, 0.05) is 32.0 Å². The van der Waals surface area contributed by atoms with Crippen molar-refractivity contribution >= 4 is 17.2 Å². The van der Waals surface area contributed by atoms with Crippen molar-refractivity contribution in [2.24, 2.45) is 5.92 Å². The second kappa shape index (κ2) is 6.08. The van der Waals surface area contributed by atoms with Crippen molar-refractivity contribution in [3.63, 3.8) is 0 Å². The Morgan fingerprint density at radius 1 is 1.32 bits per heavy atom. The smallest absolute Gasteiger partial charge is 0.347 e. The van der Waals surface area contributed by atoms with Crippen molar-refractivity contribution in [1.29, 1.82) is 0 Å². The number of para-hydroxylation sites is 1. The predicted molar refractivity (Wildman–Crippen MR) is 95.1 cm³/mol. The van der Waals surface area contributed by atoms with E-state index in [1.54, 1.807) is 18.3 Å². The molecule has 1 aromatic carbocycles. The van der Waals surface area contributed by atoms with Gasteiger partial charge in [0.1, 0.15) is 0 Å². The molecule has 0 radical (unpaired) electrons. The molecule has 7 nitrogen and oxygen atoms in total. The summed E-state index contributed by atoms with van der Waals surface area (Å²) in [4.78, 5) is 26.4. The Hall–Kier alpha value is -3.09. The van der Waals surface area contributed by atoms with Crippen molar-refractivity contribution in [2.75, 3.05) is 25.0 Å². The van der Waals surface area contributed by atoms with E-state index in [9.17, 15) is 9.59 Å². The molecule has 1 amide bonds. The molecule has 0 saturated carbocycles. The summed E-state index contributed by atoms with van der Waals surface area (Å²) < 4.78 is 1.33. The molecule has 25 heavy (non-hydrogen) atoms. The zero-order valence-electron chi connectivity index (χ0n) is 13.9. The SMILES string of the molecule is CN1CC(CNC(=O)c2cccn3c(=O)[nH]nc23)Cc2ccccc21. The maximum atomic E-state index is 12.5. The maximum absolute atomic E-state index is 12.5. The van der Waals surface area contributed by atoms with Crippen LogP contribution in [0.25, 0.3) is 5.65 Å². The lowest BCUT2D eigenvalue weighted by Crippen LogP contribution is -2.39. The van der Waals surface area contributed by atoms with Gasteiger partial charge >= 0.3 is 5.69 Å². The van der Waals surface area contributed by atoms with Gasteiger partial charge in [-0.15, -0.1) is 0 Å². The summed E-state index contributed by atoms with van der Waals surface area (Å²) in [6.07, 6.45) is 2.53. The predicted octanol–water partition coefficient (Wildman–Crippen LogP) is 1.06. The van der Waals surface area contributed by atoms with Gasteiger partial charge in [-0.1, -0.05) is 18.2 Å². The Balaban J connectivity index is 1.48. The average molecular weight is 337 g/mol.